The van der Waals surface area contributed by atoms with Gasteiger partial charge in [-0.05, 0) is 12.1 Å². The van der Waals surface area contributed by atoms with Crippen LogP contribution in [0.3, 0.4) is 0 Å². The molecule has 1 aliphatic rings. The monoisotopic (exact) mass is 250 g/mol. The van der Waals surface area contributed by atoms with Gasteiger partial charge < -0.3 is 19.7 Å². The zero-order chi connectivity index (χ0) is 13.1. The van der Waals surface area contributed by atoms with Gasteiger partial charge in [-0.1, -0.05) is 0 Å². The first-order valence-corrected chi connectivity index (χ1v) is 5.87. The highest BCUT2D eigenvalue weighted by molar-refractivity contribution is 5.84. The summed E-state index contributed by atoms with van der Waals surface area (Å²) in [6.07, 6.45) is 0. The molecular formula is C13H18N2O3. The summed E-state index contributed by atoms with van der Waals surface area (Å²) in [4.78, 5) is 13.9. The zero-order valence-electron chi connectivity index (χ0n) is 10.9. The van der Waals surface area contributed by atoms with E-state index in [2.05, 4.69) is 5.32 Å². The minimum absolute atomic E-state index is 0.0599. The van der Waals surface area contributed by atoms with Gasteiger partial charge in [0.2, 0.25) is 5.91 Å². The summed E-state index contributed by atoms with van der Waals surface area (Å²) in [6, 6.07) is 5.15. The molecule has 1 heterocycles. The fourth-order valence-corrected chi connectivity index (χ4v) is 2.09. The first-order chi connectivity index (χ1) is 8.67. The van der Waals surface area contributed by atoms with E-state index in [0.29, 0.717) is 11.5 Å². The predicted octanol–water partition coefficient (Wildman–Crippen LogP) is 0.806. The number of piperazine rings is 1. The van der Waals surface area contributed by atoms with E-state index in [1.54, 1.807) is 25.2 Å². The smallest absolute Gasteiger partial charge is 0.244 e. The highest BCUT2D eigenvalue weighted by Gasteiger charge is 2.29. The molecule has 1 amide bonds. The van der Waals surface area contributed by atoms with E-state index < -0.39 is 0 Å². The number of ether oxygens (including phenoxy) is 2. The van der Waals surface area contributed by atoms with Crippen LogP contribution in [0.2, 0.25) is 0 Å². The van der Waals surface area contributed by atoms with E-state index in [1.165, 1.54) is 0 Å². The molecule has 0 saturated carbocycles. The van der Waals surface area contributed by atoms with Gasteiger partial charge in [0.15, 0.2) is 0 Å². The number of hydrogen-bond donors (Lipinski definition) is 1. The number of likely N-dealkylation sites (N-methyl/N-ethyl adjacent to an activating group) is 1. The zero-order valence-corrected chi connectivity index (χ0v) is 10.9. The van der Waals surface area contributed by atoms with Crippen LogP contribution in [0.4, 0.5) is 0 Å². The minimum atomic E-state index is -0.343. The van der Waals surface area contributed by atoms with Crippen molar-refractivity contribution in [2.45, 2.75) is 6.04 Å². The fourth-order valence-electron chi connectivity index (χ4n) is 2.09. The summed E-state index contributed by atoms with van der Waals surface area (Å²) in [7, 11) is 5.01. The molecule has 1 N–H and O–H groups in total. The molecule has 1 aliphatic heterocycles. The van der Waals surface area contributed by atoms with Crippen molar-refractivity contribution in [3.63, 3.8) is 0 Å². The molecule has 1 aromatic rings. The maximum Gasteiger partial charge on any atom is 0.244 e. The molecule has 2 rings (SSSR count). The third-order valence-electron chi connectivity index (χ3n) is 3.17. The van der Waals surface area contributed by atoms with Crippen LogP contribution in [0.5, 0.6) is 11.5 Å². The third-order valence-corrected chi connectivity index (χ3v) is 3.17. The van der Waals surface area contributed by atoms with E-state index in [4.69, 9.17) is 9.47 Å². The first-order valence-electron chi connectivity index (χ1n) is 5.87. The number of carbonyl (C=O) groups excluding carboxylic acids is 1. The summed E-state index contributed by atoms with van der Waals surface area (Å²) >= 11 is 0. The van der Waals surface area contributed by atoms with Crippen LogP contribution in [0.25, 0.3) is 0 Å². The molecule has 0 radical (unpaired) electrons. The predicted molar refractivity (Wildman–Crippen MR) is 67.9 cm³/mol. The molecule has 1 saturated heterocycles. The summed E-state index contributed by atoms with van der Waals surface area (Å²) in [5, 5.41) is 3.22. The molecule has 0 aliphatic carbocycles. The summed E-state index contributed by atoms with van der Waals surface area (Å²) < 4.78 is 10.5. The van der Waals surface area contributed by atoms with Crippen LogP contribution in [0.15, 0.2) is 18.2 Å². The molecule has 5 heteroatoms. The van der Waals surface area contributed by atoms with Gasteiger partial charge in [-0.25, -0.2) is 0 Å². The number of nitrogens with zero attached hydrogens (tertiary/aromatic N) is 1. The molecule has 5 nitrogen and oxygen atoms in total. The minimum Gasteiger partial charge on any atom is -0.497 e. The Balaban J connectivity index is 2.34. The normalized spacial score (nSPS) is 19.8. The van der Waals surface area contributed by atoms with Crippen molar-refractivity contribution in [2.75, 3.05) is 34.4 Å². The first kappa shape index (κ1) is 12.7. The molecule has 18 heavy (non-hydrogen) atoms. The van der Waals surface area contributed by atoms with Gasteiger partial charge in [-0.2, -0.15) is 0 Å². The lowest BCUT2D eigenvalue weighted by Gasteiger charge is -2.31. The Bertz CT molecular complexity index is 448. The lowest BCUT2D eigenvalue weighted by atomic mass is 10.0. The van der Waals surface area contributed by atoms with Gasteiger partial charge in [-0.3, -0.25) is 4.79 Å². The number of nitrogens with one attached hydrogen (secondary N) is 1. The largest absolute Gasteiger partial charge is 0.497 e. The molecule has 1 fully saturated rings. The Kier molecular flexibility index (Phi) is 3.72. The molecule has 1 unspecified atom stereocenters. The van der Waals surface area contributed by atoms with Crippen molar-refractivity contribution in [1.29, 1.82) is 0 Å². The van der Waals surface area contributed by atoms with E-state index in [1.807, 2.05) is 19.2 Å². The second kappa shape index (κ2) is 5.27. The van der Waals surface area contributed by atoms with Crippen molar-refractivity contribution in [3.05, 3.63) is 23.8 Å². The molecule has 1 atom stereocenters. The van der Waals surface area contributed by atoms with Gasteiger partial charge in [-0.15, -0.1) is 0 Å². The van der Waals surface area contributed by atoms with Crippen LogP contribution >= 0.6 is 0 Å². The van der Waals surface area contributed by atoms with Crippen molar-refractivity contribution < 1.29 is 14.3 Å². The van der Waals surface area contributed by atoms with Crippen LogP contribution in [-0.2, 0) is 4.79 Å². The lowest BCUT2D eigenvalue weighted by Crippen LogP contribution is -2.48. The highest BCUT2D eigenvalue weighted by Crippen LogP contribution is 2.31. The van der Waals surface area contributed by atoms with Gasteiger partial charge in [0.05, 0.1) is 14.2 Å². The van der Waals surface area contributed by atoms with Crippen LogP contribution in [-0.4, -0.2) is 45.2 Å². The van der Waals surface area contributed by atoms with Gasteiger partial charge in [0.1, 0.15) is 17.5 Å². The number of rotatable bonds is 3. The Morgan fingerprint density at radius 1 is 1.33 bits per heavy atom. The Hall–Kier alpha value is -1.75. The number of amides is 1. The topological polar surface area (TPSA) is 50.8 Å². The summed E-state index contributed by atoms with van der Waals surface area (Å²) in [5.74, 6) is 1.44. The number of methoxy groups -OCH3 is 2. The van der Waals surface area contributed by atoms with E-state index in [0.717, 1.165) is 18.7 Å². The average Bonchev–Trinajstić information content (AvgIpc) is 2.41. The molecule has 98 valence electrons. The highest BCUT2D eigenvalue weighted by atomic mass is 16.5. The summed E-state index contributed by atoms with van der Waals surface area (Å²) in [6.45, 7) is 1.51. The summed E-state index contributed by atoms with van der Waals surface area (Å²) in [5.41, 5.74) is 0.842. The molecule has 0 aromatic heterocycles. The Morgan fingerprint density at radius 3 is 2.78 bits per heavy atom. The number of benzene rings is 1. The van der Waals surface area contributed by atoms with E-state index >= 15 is 0 Å². The quantitative estimate of drug-likeness (QED) is 0.862. The molecular weight excluding hydrogens is 232 g/mol. The van der Waals surface area contributed by atoms with Crippen molar-refractivity contribution in [3.8, 4) is 11.5 Å². The SMILES string of the molecule is COc1ccc(C2NCCN(C)C2=O)c(OC)c1. The Morgan fingerprint density at radius 2 is 2.11 bits per heavy atom. The van der Waals surface area contributed by atoms with Crippen LogP contribution < -0.4 is 14.8 Å². The number of hydrogen-bond acceptors (Lipinski definition) is 4. The van der Waals surface area contributed by atoms with Crippen LogP contribution in [0.1, 0.15) is 11.6 Å². The van der Waals surface area contributed by atoms with Crippen LogP contribution in [0, 0.1) is 0 Å². The van der Waals surface area contributed by atoms with E-state index in [-0.39, 0.29) is 11.9 Å². The van der Waals surface area contributed by atoms with Crippen molar-refractivity contribution >= 4 is 5.91 Å². The van der Waals surface area contributed by atoms with E-state index in [9.17, 15) is 4.79 Å². The Labute approximate surface area is 107 Å². The standard InChI is InChI=1S/C13H18N2O3/c1-15-7-6-14-12(13(15)16)10-5-4-9(17-2)8-11(10)18-3/h4-5,8,12,14H,6-7H2,1-3H3. The fraction of sp³-hybridized carbons (Fsp3) is 0.462. The second-order valence-electron chi connectivity index (χ2n) is 4.25. The third kappa shape index (κ3) is 2.26. The average molecular weight is 250 g/mol. The van der Waals surface area contributed by atoms with Gasteiger partial charge in [0, 0.05) is 31.8 Å². The van der Waals surface area contributed by atoms with Gasteiger partial charge in [0.25, 0.3) is 0 Å². The van der Waals surface area contributed by atoms with Crippen molar-refractivity contribution in [2.24, 2.45) is 0 Å². The van der Waals surface area contributed by atoms with Gasteiger partial charge >= 0.3 is 0 Å². The molecule has 0 bridgehead atoms. The second-order valence-corrected chi connectivity index (χ2v) is 4.25. The molecule has 1 aromatic carbocycles. The maximum atomic E-state index is 12.1. The van der Waals surface area contributed by atoms with Crippen molar-refractivity contribution in [1.82, 2.24) is 10.2 Å². The lowest BCUT2D eigenvalue weighted by molar-refractivity contribution is -0.134. The number of carbonyl (C=O) groups is 1. The maximum absolute atomic E-state index is 12.1. The molecule has 0 spiro atoms.